The quantitative estimate of drug-likeness (QED) is 0.592. The smallest absolute Gasteiger partial charge is 0.225 e. The van der Waals surface area contributed by atoms with Gasteiger partial charge in [-0.15, -0.1) is 11.3 Å². The Hall–Kier alpha value is -2.64. The summed E-state index contributed by atoms with van der Waals surface area (Å²) in [6.45, 7) is 4.27. The van der Waals surface area contributed by atoms with Crippen molar-refractivity contribution in [2.75, 3.05) is 12.4 Å². The second-order valence-electron chi connectivity index (χ2n) is 7.64. The van der Waals surface area contributed by atoms with E-state index in [9.17, 15) is 13.2 Å². The summed E-state index contributed by atoms with van der Waals surface area (Å²) in [5.41, 5.74) is 2.66. The summed E-state index contributed by atoms with van der Waals surface area (Å²) < 4.78 is 31.6. The monoisotopic (exact) mass is 441 g/mol. The van der Waals surface area contributed by atoms with E-state index in [0.29, 0.717) is 23.8 Å². The van der Waals surface area contributed by atoms with E-state index >= 15 is 0 Å². The summed E-state index contributed by atoms with van der Waals surface area (Å²) in [5.74, 6) is 0.677. The number of benzene rings is 2. The minimum absolute atomic E-state index is 0.143. The van der Waals surface area contributed by atoms with Gasteiger partial charge in [0.1, 0.15) is 10.6 Å². The van der Waals surface area contributed by atoms with E-state index in [4.69, 9.17) is 4.74 Å². The van der Waals surface area contributed by atoms with Gasteiger partial charge in [-0.1, -0.05) is 38.1 Å². The first-order valence-corrected chi connectivity index (χ1v) is 12.1. The SMILES string of the molecule is COc1ccc(S(=O)(=O)c2csc3c2NC(=O)C[C@@H]3c2ccc(C(C)C)cc2)cc1. The van der Waals surface area contributed by atoms with Crippen LogP contribution in [0.3, 0.4) is 0 Å². The van der Waals surface area contributed by atoms with Crippen LogP contribution < -0.4 is 10.1 Å². The van der Waals surface area contributed by atoms with Crippen LogP contribution in [0.4, 0.5) is 5.69 Å². The lowest BCUT2D eigenvalue weighted by Crippen LogP contribution is -2.23. The van der Waals surface area contributed by atoms with Gasteiger partial charge in [0.2, 0.25) is 15.7 Å². The van der Waals surface area contributed by atoms with Gasteiger partial charge in [0.05, 0.1) is 17.7 Å². The van der Waals surface area contributed by atoms with Gasteiger partial charge in [0.15, 0.2) is 0 Å². The van der Waals surface area contributed by atoms with E-state index in [-0.39, 0.29) is 21.6 Å². The van der Waals surface area contributed by atoms with E-state index in [1.165, 1.54) is 36.1 Å². The van der Waals surface area contributed by atoms with Crippen molar-refractivity contribution in [3.05, 3.63) is 69.9 Å². The van der Waals surface area contributed by atoms with Crippen LogP contribution in [0.2, 0.25) is 0 Å². The molecule has 1 aromatic heterocycles. The normalized spacial score (nSPS) is 16.3. The molecule has 0 aliphatic carbocycles. The van der Waals surface area contributed by atoms with Crippen molar-refractivity contribution < 1.29 is 17.9 Å². The molecule has 0 saturated heterocycles. The Morgan fingerprint density at radius 3 is 2.33 bits per heavy atom. The van der Waals surface area contributed by atoms with Gasteiger partial charge in [-0.3, -0.25) is 4.79 Å². The Bertz CT molecular complexity index is 1180. The highest BCUT2D eigenvalue weighted by molar-refractivity contribution is 7.91. The number of amides is 1. The number of anilines is 1. The molecule has 1 aliphatic rings. The minimum atomic E-state index is -3.77. The van der Waals surface area contributed by atoms with Gasteiger partial charge in [-0.25, -0.2) is 8.42 Å². The van der Waals surface area contributed by atoms with Gasteiger partial charge < -0.3 is 10.1 Å². The Kier molecular flexibility index (Phi) is 5.42. The second kappa shape index (κ2) is 7.89. The van der Waals surface area contributed by atoms with Crippen molar-refractivity contribution in [3.8, 4) is 5.75 Å². The molecule has 0 saturated carbocycles. The number of hydrogen-bond donors (Lipinski definition) is 1. The Morgan fingerprint density at radius 1 is 1.07 bits per heavy atom. The number of methoxy groups -OCH3 is 1. The van der Waals surface area contributed by atoms with Crippen molar-refractivity contribution in [1.82, 2.24) is 0 Å². The predicted octanol–water partition coefficient (Wildman–Crippen LogP) is 5.19. The van der Waals surface area contributed by atoms with Crippen LogP contribution in [-0.4, -0.2) is 21.4 Å². The molecule has 2 aromatic carbocycles. The fourth-order valence-electron chi connectivity index (χ4n) is 3.67. The highest BCUT2D eigenvalue weighted by atomic mass is 32.2. The van der Waals surface area contributed by atoms with E-state index in [1.807, 2.05) is 12.1 Å². The van der Waals surface area contributed by atoms with Crippen LogP contribution >= 0.6 is 11.3 Å². The van der Waals surface area contributed by atoms with E-state index in [1.54, 1.807) is 17.5 Å². The lowest BCUT2D eigenvalue weighted by molar-refractivity contribution is -0.116. The van der Waals surface area contributed by atoms with Crippen molar-refractivity contribution in [1.29, 1.82) is 0 Å². The number of rotatable bonds is 5. The van der Waals surface area contributed by atoms with Crippen LogP contribution in [0.15, 0.2) is 63.7 Å². The van der Waals surface area contributed by atoms with Gasteiger partial charge >= 0.3 is 0 Å². The second-order valence-corrected chi connectivity index (χ2v) is 10.5. The standard InChI is InChI=1S/C23H23NO4S2/c1-14(2)15-4-6-16(7-5-15)19-12-21(25)24-22-20(13-29-23(19)22)30(26,27)18-10-8-17(28-3)9-11-18/h4-11,13-14,19H,12H2,1-3H3,(H,24,25)/t19-/m1/s1. The lowest BCUT2D eigenvalue weighted by atomic mass is 9.89. The fourth-order valence-corrected chi connectivity index (χ4v) is 6.57. The van der Waals surface area contributed by atoms with Crippen LogP contribution in [0, 0.1) is 0 Å². The number of thiophene rings is 1. The van der Waals surface area contributed by atoms with Crippen LogP contribution in [-0.2, 0) is 14.6 Å². The van der Waals surface area contributed by atoms with Crippen LogP contribution in [0.1, 0.15) is 48.1 Å². The number of hydrogen-bond acceptors (Lipinski definition) is 5. The molecular weight excluding hydrogens is 418 g/mol. The average Bonchev–Trinajstić information content (AvgIpc) is 3.17. The summed E-state index contributed by atoms with van der Waals surface area (Å²) in [5, 5.41) is 4.43. The average molecular weight is 442 g/mol. The zero-order valence-corrected chi connectivity index (χ0v) is 18.6. The Labute approximate surface area is 180 Å². The lowest BCUT2D eigenvalue weighted by Gasteiger charge is -2.24. The molecule has 1 aliphatic heterocycles. The summed E-state index contributed by atoms with van der Waals surface area (Å²) in [4.78, 5) is 13.6. The zero-order chi connectivity index (χ0) is 21.5. The molecule has 0 bridgehead atoms. The van der Waals surface area contributed by atoms with Crippen molar-refractivity contribution in [2.45, 2.75) is 41.9 Å². The molecule has 1 atom stereocenters. The first kappa shape index (κ1) is 20.6. The van der Waals surface area contributed by atoms with Crippen LogP contribution in [0.5, 0.6) is 5.75 Å². The van der Waals surface area contributed by atoms with E-state index in [2.05, 4.69) is 31.3 Å². The summed E-state index contributed by atoms with van der Waals surface area (Å²) in [6.07, 6.45) is 0.302. The Balaban J connectivity index is 1.75. The molecule has 1 N–H and O–H groups in total. The molecule has 7 heteroatoms. The molecular formula is C23H23NO4S2. The Morgan fingerprint density at radius 2 is 1.73 bits per heavy atom. The molecule has 30 heavy (non-hydrogen) atoms. The van der Waals surface area contributed by atoms with Crippen molar-refractivity contribution in [3.63, 3.8) is 0 Å². The molecule has 0 spiro atoms. The van der Waals surface area contributed by atoms with E-state index < -0.39 is 9.84 Å². The minimum Gasteiger partial charge on any atom is -0.497 e. The number of ether oxygens (including phenoxy) is 1. The molecule has 1 amide bonds. The predicted molar refractivity (Wildman–Crippen MR) is 118 cm³/mol. The summed E-state index contributed by atoms with van der Waals surface area (Å²) in [6, 6.07) is 14.5. The molecule has 0 unspecified atom stereocenters. The first-order chi connectivity index (χ1) is 14.3. The maximum absolute atomic E-state index is 13.3. The zero-order valence-electron chi connectivity index (χ0n) is 17.0. The molecule has 0 radical (unpaired) electrons. The number of nitrogens with one attached hydrogen (secondary N) is 1. The maximum Gasteiger partial charge on any atom is 0.225 e. The maximum atomic E-state index is 13.3. The summed E-state index contributed by atoms with van der Waals surface area (Å²) in [7, 11) is -2.24. The number of sulfone groups is 1. The molecule has 2 heterocycles. The molecule has 3 aromatic rings. The summed E-state index contributed by atoms with van der Waals surface area (Å²) >= 11 is 1.38. The molecule has 4 rings (SSSR count). The highest BCUT2D eigenvalue weighted by Gasteiger charge is 2.34. The molecule has 156 valence electrons. The highest BCUT2D eigenvalue weighted by Crippen LogP contribution is 2.46. The van der Waals surface area contributed by atoms with Crippen molar-refractivity contribution in [2.24, 2.45) is 0 Å². The molecule has 5 nitrogen and oxygen atoms in total. The third-order valence-electron chi connectivity index (χ3n) is 5.42. The van der Waals surface area contributed by atoms with E-state index in [0.717, 1.165) is 10.4 Å². The number of carbonyl (C=O) groups is 1. The van der Waals surface area contributed by atoms with Gasteiger partial charge in [-0.05, 0) is 41.3 Å². The topological polar surface area (TPSA) is 72.5 Å². The molecule has 0 fully saturated rings. The third-order valence-corrected chi connectivity index (χ3v) is 8.46. The van der Waals surface area contributed by atoms with Crippen LogP contribution in [0.25, 0.3) is 0 Å². The number of carbonyl (C=O) groups excluding carboxylic acids is 1. The van der Waals surface area contributed by atoms with Gasteiger partial charge in [0.25, 0.3) is 0 Å². The first-order valence-electron chi connectivity index (χ1n) is 9.71. The number of fused-ring (bicyclic) bond motifs is 1. The largest absolute Gasteiger partial charge is 0.497 e. The van der Waals surface area contributed by atoms with Gasteiger partial charge in [-0.2, -0.15) is 0 Å². The van der Waals surface area contributed by atoms with Crippen molar-refractivity contribution >= 4 is 32.8 Å². The fraction of sp³-hybridized carbons (Fsp3) is 0.261. The third kappa shape index (κ3) is 3.63. The van der Waals surface area contributed by atoms with Gasteiger partial charge in [0, 0.05) is 22.6 Å².